The summed E-state index contributed by atoms with van der Waals surface area (Å²) in [6, 6.07) is 0. The fourth-order valence-electron chi connectivity index (χ4n) is 5.75. The van der Waals surface area contributed by atoms with Crippen LogP contribution in [0.5, 0.6) is 0 Å². The highest BCUT2D eigenvalue weighted by Crippen LogP contribution is 2.62. The van der Waals surface area contributed by atoms with Crippen LogP contribution in [0.4, 0.5) is 0 Å². The molecular weight excluding hydrogens is 328 g/mol. The number of esters is 1. The van der Waals surface area contributed by atoms with Crippen molar-refractivity contribution in [1.82, 2.24) is 0 Å². The number of rotatable bonds is 5. The number of hydrogen-bond donors (Lipinski definition) is 1. The van der Waals surface area contributed by atoms with E-state index in [1.165, 1.54) is 18.6 Å². The SMILES string of the molecule is C=C1CC[C@H]2C(C)(C)[C@@H](OC(C)=O)CC[C@]2(C)[C@H]1CC/C(C)=C/C(=O)O. The Balaban J connectivity index is 2.23. The van der Waals surface area contributed by atoms with Crippen molar-refractivity contribution in [2.24, 2.45) is 22.7 Å². The predicted molar refractivity (Wildman–Crippen MR) is 103 cm³/mol. The molecule has 2 fully saturated rings. The molecule has 0 aromatic heterocycles. The van der Waals surface area contributed by atoms with Gasteiger partial charge < -0.3 is 9.84 Å². The Morgan fingerprint density at radius 1 is 1.27 bits per heavy atom. The van der Waals surface area contributed by atoms with Crippen LogP contribution >= 0.6 is 0 Å². The standard InChI is InChI=1S/C22H34O4/c1-14(13-20(24)25)7-9-17-15(2)8-10-18-21(4,5)19(26-16(3)23)11-12-22(17,18)6/h13,17-19H,2,7-12H2,1,3-6H3,(H,24,25)/b14-13+/t17-,18-,19-,22+/m0/s1. The molecule has 2 aliphatic rings. The first-order valence-corrected chi connectivity index (χ1v) is 9.73. The number of carbonyl (C=O) groups is 2. The summed E-state index contributed by atoms with van der Waals surface area (Å²) in [7, 11) is 0. The van der Waals surface area contributed by atoms with Gasteiger partial charge in [0.2, 0.25) is 0 Å². The molecule has 26 heavy (non-hydrogen) atoms. The lowest BCUT2D eigenvalue weighted by Gasteiger charge is -2.60. The highest BCUT2D eigenvalue weighted by atomic mass is 16.5. The molecule has 0 saturated heterocycles. The van der Waals surface area contributed by atoms with Crippen LogP contribution in [0.15, 0.2) is 23.8 Å². The quantitative estimate of drug-likeness (QED) is 0.418. The molecule has 146 valence electrons. The zero-order valence-corrected chi connectivity index (χ0v) is 16.9. The van der Waals surface area contributed by atoms with Gasteiger partial charge in [0.1, 0.15) is 6.10 Å². The van der Waals surface area contributed by atoms with Crippen LogP contribution < -0.4 is 0 Å². The molecule has 1 N–H and O–H groups in total. The summed E-state index contributed by atoms with van der Waals surface area (Å²) in [6.07, 6.45) is 6.99. The maximum atomic E-state index is 11.5. The summed E-state index contributed by atoms with van der Waals surface area (Å²) >= 11 is 0. The third kappa shape index (κ3) is 4.05. The van der Waals surface area contributed by atoms with E-state index < -0.39 is 5.97 Å². The average molecular weight is 363 g/mol. The van der Waals surface area contributed by atoms with Crippen molar-refractivity contribution >= 4 is 11.9 Å². The molecule has 2 rings (SSSR count). The number of aliphatic carboxylic acids is 1. The summed E-state index contributed by atoms with van der Waals surface area (Å²) in [6.45, 7) is 14.6. The minimum absolute atomic E-state index is 0.0290. The third-order valence-electron chi connectivity index (χ3n) is 7.02. The fourth-order valence-corrected chi connectivity index (χ4v) is 5.75. The molecule has 4 nitrogen and oxygen atoms in total. The Kier molecular flexibility index (Phi) is 6.04. The van der Waals surface area contributed by atoms with Crippen molar-refractivity contribution in [3.8, 4) is 0 Å². The van der Waals surface area contributed by atoms with E-state index in [-0.39, 0.29) is 22.9 Å². The van der Waals surface area contributed by atoms with Crippen LogP contribution in [0.25, 0.3) is 0 Å². The topological polar surface area (TPSA) is 63.6 Å². The van der Waals surface area contributed by atoms with Crippen LogP contribution in [0.1, 0.15) is 73.1 Å². The van der Waals surface area contributed by atoms with E-state index in [1.54, 1.807) is 0 Å². The molecule has 0 aromatic rings. The monoisotopic (exact) mass is 362 g/mol. The van der Waals surface area contributed by atoms with Gasteiger partial charge in [-0.1, -0.05) is 38.5 Å². The second-order valence-corrected chi connectivity index (χ2v) is 9.13. The van der Waals surface area contributed by atoms with Gasteiger partial charge in [0.15, 0.2) is 0 Å². The number of ether oxygens (including phenoxy) is 1. The summed E-state index contributed by atoms with van der Waals surface area (Å²) in [5, 5.41) is 8.95. The van der Waals surface area contributed by atoms with E-state index in [9.17, 15) is 9.59 Å². The number of carboxylic acid groups (broad SMARTS) is 1. The smallest absolute Gasteiger partial charge is 0.328 e. The summed E-state index contributed by atoms with van der Waals surface area (Å²) in [5.41, 5.74) is 2.26. The predicted octanol–water partition coefficient (Wildman–Crippen LogP) is 5.14. The number of fused-ring (bicyclic) bond motifs is 1. The van der Waals surface area contributed by atoms with E-state index in [2.05, 4.69) is 27.4 Å². The lowest BCUT2D eigenvalue weighted by Crippen LogP contribution is -2.55. The van der Waals surface area contributed by atoms with Gasteiger partial charge in [0, 0.05) is 18.4 Å². The second kappa shape index (κ2) is 7.58. The van der Waals surface area contributed by atoms with E-state index in [0.717, 1.165) is 44.1 Å². The molecule has 2 aliphatic carbocycles. The van der Waals surface area contributed by atoms with Crippen LogP contribution in [0.2, 0.25) is 0 Å². The maximum Gasteiger partial charge on any atom is 0.328 e. The molecule has 0 unspecified atom stereocenters. The molecule has 0 radical (unpaired) electrons. The largest absolute Gasteiger partial charge is 0.478 e. The van der Waals surface area contributed by atoms with Crippen molar-refractivity contribution < 1.29 is 19.4 Å². The van der Waals surface area contributed by atoms with Crippen molar-refractivity contribution in [1.29, 1.82) is 0 Å². The lowest BCUT2D eigenvalue weighted by molar-refractivity contribution is -0.174. The molecule has 0 aromatic carbocycles. The molecule has 0 bridgehead atoms. The van der Waals surface area contributed by atoms with Gasteiger partial charge in [-0.15, -0.1) is 0 Å². The lowest BCUT2D eigenvalue weighted by atomic mass is 9.46. The summed E-state index contributed by atoms with van der Waals surface area (Å²) in [4.78, 5) is 22.4. The average Bonchev–Trinajstić information content (AvgIpc) is 2.48. The molecule has 0 spiro atoms. The van der Waals surface area contributed by atoms with E-state index in [0.29, 0.717) is 11.8 Å². The zero-order chi connectivity index (χ0) is 19.7. The first-order valence-electron chi connectivity index (χ1n) is 9.73. The molecular formula is C22H34O4. The minimum Gasteiger partial charge on any atom is -0.478 e. The van der Waals surface area contributed by atoms with E-state index in [1.807, 2.05) is 6.92 Å². The van der Waals surface area contributed by atoms with E-state index in [4.69, 9.17) is 9.84 Å². The van der Waals surface area contributed by atoms with Gasteiger partial charge in [0.25, 0.3) is 0 Å². The number of carbonyl (C=O) groups excluding carboxylic acids is 1. The second-order valence-electron chi connectivity index (χ2n) is 9.13. The normalized spacial score (nSPS) is 34.1. The molecule has 4 atom stereocenters. The number of hydrogen-bond acceptors (Lipinski definition) is 3. The van der Waals surface area contributed by atoms with Crippen molar-refractivity contribution in [3.63, 3.8) is 0 Å². The van der Waals surface area contributed by atoms with E-state index >= 15 is 0 Å². The van der Waals surface area contributed by atoms with Gasteiger partial charge in [-0.3, -0.25) is 4.79 Å². The number of carboxylic acids is 1. The highest BCUT2D eigenvalue weighted by Gasteiger charge is 2.56. The minimum atomic E-state index is -0.878. The highest BCUT2D eigenvalue weighted by molar-refractivity contribution is 5.80. The van der Waals surface area contributed by atoms with Gasteiger partial charge in [-0.25, -0.2) is 4.79 Å². The Labute approximate surface area is 157 Å². The Hall–Kier alpha value is -1.58. The number of allylic oxidation sites excluding steroid dienone is 2. The van der Waals surface area contributed by atoms with Gasteiger partial charge in [0.05, 0.1) is 0 Å². The molecule has 2 saturated carbocycles. The third-order valence-corrected chi connectivity index (χ3v) is 7.02. The molecule has 4 heteroatoms. The molecule has 0 heterocycles. The van der Waals surface area contributed by atoms with Crippen LogP contribution in [0.3, 0.4) is 0 Å². The van der Waals surface area contributed by atoms with Crippen molar-refractivity contribution in [2.75, 3.05) is 0 Å². The Morgan fingerprint density at radius 2 is 1.92 bits per heavy atom. The van der Waals surface area contributed by atoms with Gasteiger partial charge >= 0.3 is 11.9 Å². The van der Waals surface area contributed by atoms with Crippen LogP contribution in [-0.4, -0.2) is 23.1 Å². The van der Waals surface area contributed by atoms with Gasteiger partial charge in [-0.2, -0.15) is 0 Å². The Morgan fingerprint density at radius 3 is 2.50 bits per heavy atom. The molecule has 0 aliphatic heterocycles. The summed E-state index contributed by atoms with van der Waals surface area (Å²) < 4.78 is 5.67. The first-order chi connectivity index (χ1) is 12.0. The van der Waals surface area contributed by atoms with Gasteiger partial charge in [-0.05, 0) is 62.7 Å². The summed E-state index contributed by atoms with van der Waals surface area (Å²) in [5.74, 6) is -0.224. The van der Waals surface area contributed by atoms with Crippen molar-refractivity contribution in [2.45, 2.75) is 79.2 Å². The maximum absolute atomic E-state index is 11.5. The Bertz CT molecular complexity index is 616. The van der Waals surface area contributed by atoms with Crippen LogP contribution in [0, 0.1) is 22.7 Å². The van der Waals surface area contributed by atoms with Crippen LogP contribution in [-0.2, 0) is 14.3 Å². The molecule has 0 amide bonds. The van der Waals surface area contributed by atoms with Crippen molar-refractivity contribution in [3.05, 3.63) is 23.8 Å². The fraction of sp³-hybridized carbons (Fsp3) is 0.727. The zero-order valence-electron chi connectivity index (χ0n) is 16.9. The first kappa shape index (κ1) is 20.7.